The van der Waals surface area contributed by atoms with E-state index in [0.717, 1.165) is 12.1 Å². The van der Waals surface area contributed by atoms with Crippen molar-refractivity contribution in [1.82, 2.24) is 0 Å². The van der Waals surface area contributed by atoms with Crippen LogP contribution in [0.5, 0.6) is 0 Å². The topological polar surface area (TPSA) is 38.3 Å². The Hall–Kier alpha value is -2.40. The number of fused-ring (bicyclic) bond motifs is 1. The van der Waals surface area contributed by atoms with E-state index in [4.69, 9.17) is 4.74 Å². The monoisotopic (exact) mass is 357 g/mol. The molecular weight excluding hydrogens is 345 g/mol. The molecule has 3 rings (SSSR count). The predicted molar refractivity (Wildman–Crippen MR) is 78.3 cm³/mol. The average Bonchev–Trinajstić information content (AvgIpc) is 3.35. The van der Waals surface area contributed by atoms with Gasteiger partial charge in [0.05, 0.1) is 11.3 Å². The van der Waals surface area contributed by atoms with Crippen molar-refractivity contribution in [2.75, 3.05) is 5.32 Å². The molecule has 2 aliphatic rings. The maximum absolute atomic E-state index is 14.4. The van der Waals surface area contributed by atoms with Crippen molar-refractivity contribution < 1.29 is 31.5 Å². The van der Waals surface area contributed by atoms with E-state index in [0.29, 0.717) is 18.9 Å². The summed E-state index contributed by atoms with van der Waals surface area (Å²) in [5, 5.41) is 2.11. The van der Waals surface area contributed by atoms with E-state index < -0.39 is 46.7 Å². The molecule has 0 unspecified atom stereocenters. The molecule has 8 heteroatoms. The highest BCUT2D eigenvalue weighted by atomic mass is 19.4. The molecule has 2 atom stereocenters. The molecule has 1 aliphatic heterocycles. The second kappa shape index (κ2) is 5.85. The molecule has 1 fully saturated rings. The summed E-state index contributed by atoms with van der Waals surface area (Å²) in [4.78, 5) is 12.0. The van der Waals surface area contributed by atoms with Crippen molar-refractivity contribution in [2.45, 2.75) is 30.7 Å². The molecule has 1 N–H and O–H groups in total. The molecule has 1 saturated carbocycles. The normalized spacial score (nSPS) is 26.0. The van der Waals surface area contributed by atoms with Crippen molar-refractivity contribution in [3.8, 4) is 11.8 Å². The molecule has 1 amide bonds. The maximum Gasteiger partial charge on any atom is 0.433 e. The van der Waals surface area contributed by atoms with Crippen LogP contribution in [0.4, 0.5) is 27.6 Å². The number of benzene rings is 1. The first-order valence-electron chi connectivity index (χ1n) is 7.38. The molecule has 0 aromatic heterocycles. The number of amides is 1. The van der Waals surface area contributed by atoms with Crippen LogP contribution in [-0.4, -0.2) is 18.2 Å². The Morgan fingerprint density at radius 2 is 2.00 bits per heavy atom. The summed E-state index contributed by atoms with van der Waals surface area (Å²) in [7, 11) is 0. The van der Waals surface area contributed by atoms with Gasteiger partial charge >= 0.3 is 6.18 Å². The SMILES string of the molecule is C=C[C@@H]1O[C@](C#CC2CC2)(C(F)(F)F)c2c(ccc(F)c2F)NC1=O. The van der Waals surface area contributed by atoms with Crippen LogP contribution in [0.15, 0.2) is 24.8 Å². The fourth-order valence-corrected chi connectivity index (χ4v) is 2.46. The number of halogens is 5. The van der Waals surface area contributed by atoms with E-state index in [2.05, 4.69) is 17.8 Å². The molecule has 132 valence electrons. The summed E-state index contributed by atoms with van der Waals surface area (Å²) >= 11 is 0. The fraction of sp³-hybridized carbons (Fsp3) is 0.353. The van der Waals surface area contributed by atoms with Gasteiger partial charge in [-0.05, 0) is 25.0 Å². The number of anilines is 1. The molecule has 1 aromatic carbocycles. The number of nitrogens with one attached hydrogen (secondary N) is 1. The molecule has 0 spiro atoms. The Morgan fingerprint density at radius 3 is 2.56 bits per heavy atom. The van der Waals surface area contributed by atoms with E-state index in [1.165, 1.54) is 0 Å². The lowest BCUT2D eigenvalue weighted by molar-refractivity contribution is -0.264. The van der Waals surface area contributed by atoms with Crippen molar-refractivity contribution in [3.05, 3.63) is 42.0 Å². The molecule has 1 aliphatic carbocycles. The number of hydrogen-bond acceptors (Lipinski definition) is 2. The molecule has 0 saturated heterocycles. The van der Waals surface area contributed by atoms with E-state index in [1.807, 2.05) is 5.92 Å². The van der Waals surface area contributed by atoms with E-state index in [1.54, 1.807) is 0 Å². The standard InChI is InChI=1S/C17H12F5NO2/c1-2-12-15(24)23-11-6-5-10(18)14(19)13(11)16(25-12,17(20,21)22)8-7-9-3-4-9/h2,5-6,9,12H,1,3-4H2,(H,23,24)/t12-,16-/m0/s1. The Morgan fingerprint density at radius 1 is 1.32 bits per heavy atom. The third-order valence-corrected chi connectivity index (χ3v) is 3.91. The van der Waals surface area contributed by atoms with Crippen LogP contribution < -0.4 is 5.32 Å². The molecule has 3 nitrogen and oxygen atoms in total. The Bertz CT molecular complexity index is 804. The zero-order chi connectivity index (χ0) is 18.4. The second-order valence-electron chi connectivity index (χ2n) is 5.77. The molecular formula is C17H12F5NO2. The third-order valence-electron chi connectivity index (χ3n) is 3.91. The van der Waals surface area contributed by atoms with E-state index in [-0.39, 0.29) is 5.92 Å². The van der Waals surface area contributed by atoms with Crippen molar-refractivity contribution >= 4 is 11.6 Å². The molecule has 1 aromatic rings. The van der Waals surface area contributed by atoms with E-state index >= 15 is 0 Å². The van der Waals surface area contributed by atoms with Gasteiger partial charge in [0.15, 0.2) is 17.7 Å². The van der Waals surface area contributed by atoms with Crippen molar-refractivity contribution in [3.63, 3.8) is 0 Å². The zero-order valence-corrected chi connectivity index (χ0v) is 12.7. The number of hydrogen-bond donors (Lipinski definition) is 1. The minimum atomic E-state index is -5.23. The van der Waals surface area contributed by atoms with Crippen LogP contribution in [0.25, 0.3) is 0 Å². The van der Waals surface area contributed by atoms with Crippen molar-refractivity contribution in [1.29, 1.82) is 0 Å². The Labute approximate surface area is 139 Å². The number of ether oxygens (including phenoxy) is 1. The first kappa shape index (κ1) is 17.4. The number of rotatable bonds is 1. The molecule has 0 bridgehead atoms. The van der Waals surface area contributed by atoms with Gasteiger partial charge in [-0.1, -0.05) is 24.5 Å². The second-order valence-corrected chi connectivity index (χ2v) is 5.77. The van der Waals surface area contributed by atoms with Gasteiger partial charge in [-0.15, -0.1) is 0 Å². The minimum absolute atomic E-state index is 0.267. The van der Waals surface area contributed by atoms with Gasteiger partial charge in [0.25, 0.3) is 11.5 Å². The van der Waals surface area contributed by atoms with Crippen LogP contribution in [0.1, 0.15) is 18.4 Å². The van der Waals surface area contributed by atoms with Crippen LogP contribution in [0, 0.1) is 29.4 Å². The minimum Gasteiger partial charge on any atom is -0.332 e. The van der Waals surface area contributed by atoms with Crippen LogP contribution in [0.2, 0.25) is 0 Å². The lowest BCUT2D eigenvalue weighted by atomic mass is 9.90. The van der Waals surface area contributed by atoms with Gasteiger partial charge < -0.3 is 10.1 Å². The summed E-state index contributed by atoms with van der Waals surface area (Å²) in [5.74, 6) is -0.195. The fourth-order valence-electron chi connectivity index (χ4n) is 2.46. The average molecular weight is 357 g/mol. The largest absolute Gasteiger partial charge is 0.433 e. The highest BCUT2D eigenvalue weighted by Gasteiger charge is 2.62. The summed E-state index contributed by atoms with van der Waals surface area (Å²) in [6.07, 6.45) is -4.91. The lowest BCUT2D eigenvalue weighted by Gasteiger charge is -2.32. The van der Waals surface area contributed by atoms with Crippen LogP contribution in [-0.2, 0) is 15.1 Å². The summed E-state index contributed by atoms with van der Waals surface area (Å²) in [6.45, 7) is 3.27. The van der Waals surface area contributed by atoms with Gasteiger partial charge in [0.2, 0.25) is 0 Å². The summed E-state index contributed by atoms with van der Waals surface area (Å²) in [5.41, 5.74) is -5.23. The van der Waals surface area contributed by atoms with Crippen LogP contribution in [0.3, 0.4) is 0 Å². The number of alkyl halides is 3. The van der Waals surface area contributed by atoms with Gasteiger partial charge in [0, 0.05) is 5.92 Å². The Balaban J connectivity index is 2.34. The summed E-state index contributed by atoms with van der Waals surface area (Å²) in [6, 6.07) is 1.47. The third kappa shape index (κ3) is 2.89. The van der Waals surface area contributed by atoms with E-state index in [9.17, 15) is 26.7 Å². The number of carbonyl (C=O) groups excluding carboxylic acids is 1. The lowest BCUT2D eigenvalue weighted by Crippen LogP contribution is -2.47. The van der Waals surface area contributed by atoms with Gasteiger partial charge in [0.1, 0.15) is 0 Å². The smallest absolute Gasteiger partial charge is 0.332 e. The number of carbonyl (C=O) groups is 1. The van der Waals surface area contributed by atoms with Crippen molar-refractivity contribution in [2.24, 2.45) is 5.92 Å². The van der Waals surface area contributed by atoms with Gasteiger partial charge in [-0.25, -0.2) is 8.78 Å². The zero-order valence-electron chi connectivity index (χ0n) is 12.7. The molecule has 0 radical (unpaired) electrons. The quantitative estimate of drug-likeness (QED) is 0.473. The first-order chi connectivity index (χ1) is 11.7. The van der Waals surface area contributed by atoms with Gasteiger partial charge in [-0.2, -0.15) is 13.2 Å². The highest BCUT2D eigenvalue weighted by Crippen LogP contribution is 2.48. The first-order valence-corrected chi connectivity index (χ1v) is 7.38. The van der Waals surface area contributed by atoms with Crippen LogP contribution >= 0.6 is 0 Å². The van der Waals surface area contributed by atoms with Gasteiger partial charge in [-0.3, -0.25) is 4.79 Å². The summed E-state index contributed by atoms with van der Waals surface area (Å²) < 4.78 is 75.0. The molecule has 1 heterocycles. The predicted octanol–water partition coefficient (Wildman–Crippen LogP) is 3.66. The maximum atomic E-state index is 14.4. The molecule has 25 heavy (non-hydrogen) atoms. The highest BCUT2D eigenvalue weighted by molar-refractivity contribution is 5.97. The Kier molecular flexibility index (Phi) is 4.07.